The second-order valence-electron chi connectivity index (χ2n) is 3.67. The molecule has 6 heteroatoms. The maximum absolute atomic E-state index is 8.74. The van der Waals surface area contributed by atoms with Crippen LogP contribution in [-0.4, -0.2) is 48.2 Å². The fourth-order valence-electron chi connectivity index (χ4n) is 1.54. The summed E-state index contributed by atoms with van der Waals surface area (Å²) in [7, 11) is -4.67. The molecule has 0 saturated heterocycles. The van der Waals surface area contributed by atoms with Crippen LogP contribution in [0.4, 0.5) is 0 Å². The van der Waals surface area contributed by atoms with Crippen LogP contribution in [-0.2, 0) is 10.4 Å². The third kappa shape index (κ3) is 12.9. The second kappa shape index (κ2) is 9.78. The number of quaternary nitrogens is 1. The fourth-order valence-corrected chi connectivity index (χ4v) is 1.54. The van der Waals surface area contributed by atoms with E-state index in [0.717, 1.165) is 30.7 Å². The molecular weight excluding hydrogens is 254 g/mol. The summed E-state index contributed by atoms with van der Waals surface area (Å²) in [5, 5.41) is 0. The van der Waals surface area contributed by atoms with Gasteiger partial charge in [0.1, 0.15) is 0 Å². The van der Waals surface area contributed by atoms with E-state index in [0.29, 0.717) is 0 Å². The molecule has 0 aliphatic rings. The summed E-state index contributed by atoms with van der Waals surface area (Å²) in [6.45, 7) is 18.8. The maximum Gasteiger partial charge on any atom is 0.394 e. The summed E-state index contributed by atoms with van der Waals surface area (Å²) in [4.78, 5) is 0. The SMILES string of the molecule is C=CC[N+](CC=C)(CC=C)CC=C.O=S(=O)(O)O. The summed E-state index contributed by atoms with van der Waals surface area (Å²) < 4.78 is 32.5. The molecule has 0 heterocycles. The fraction of sp³-hybridized carbons (Fsp3) is 0.333. The van der Waals surface area contributed by atoms with Gasteiger partial charge in [0.25, 0.3) is 0 Å². The predicted molar refractivity (Wildman–Crippen MR) is 74.7 cm³/mol. The van der Waals surface area contributed by atoms with E-state index in [1.54, 1.807) is 0 Å². The molecule has 0 aliphatic carbocycles. The lowest BCUT2D eigenvalue weighted by molar-refractivity contribution is -0.906. The van der Waals surface area contributed by atoms with E-state index in [1.807, 2.05) is 24.3 Å². The standard InChI is InChI=1S/C12H20N.H2O4S/c1-5-9-13(10-6-2,11-7-3)12-8-4;1-5(2,3)4/h5-8H,1-4,9-12H2;(H2,1,2,3,4)/q+1;. The Kier molecular flexibility index (Phi) is 10.4. The van der Waals surface area contributed by atoms with Crippen molar-refractivity contribution in [3.05, 3.63) is 50.6 Å². The van der Waals surface area contributed by atoms with Crippen LogP contribution in [0.25, 0.3) is 0 Å². The molecule has 0 aliphatic heterocycles. The number of hydrogen-bond acceptors (Lipinski definition) is 2. The first-order valence-corrected chi connectivity index (χ1v) is 6.63. The van der Waals surface area contributed by atoms with Crippen LogP contribution in [0, 0.1) is 0 Å². The summed E-state index contributed by atoms with van der Waals surface area (Å²) in [5.74, 6) is 0. The van der Waals surface area contributed by atoms with Gasteiger partial charge in [-0.1, -0.05) is 26.3 Å². The maximum atomic E-state index is 8.74. The van der Waals surface area contributed by atoms with Crippen LogP contribution in [0.3, 0.4) is 0 Å². The summed E-state index contributed by atoms with van der Waals surface area (Å²) in [6.07, 6.45) is 7.76. The lowest BCUT2D eigenvalue weighted by Crippen LogP contribution is -2.48. The summed E-state index contributed by atoms with van der Waals surface area (Å²) in [5.41, 5.74) is 0. The third-order valence-corrected chi connectivity index (χ3v) is 2.07. The Hall–Kier alpha value is -1.21. The van der Waals surface area contributed by atoms with Crippen molar-refractivity contribution in [1.29, 1.82) is 0 Å². The Balaban J connectivity index is 0. The van der Waals surface area contributed by atoms with Crippen molar-refractivity contribution in [3.8, 4) is 0 Å². The topological polar surface area (TPSA) is 74.6 Å². The average Bonchev–Trinajstić information content (AvgIpc) is 2.16. The van der Waals surface area contributed by atoms with Crippen molar-refractivity contribution in [2.75, 3.05) is 26.2 Å². The van der Waals surface area contributed by atoms with Crippen LogP contribution < -0.4 is 0 Å². The molecule has 0 rings (SSSR count). The van der Waals surface area contributed by atoms with Gasteiger partial charge < -0.3 is 4.48 Å². The van der Waals surface area contributed by atoms with E-state index in [9.17, 15) is 0 Å². The first-order chi connectivity index (χ1) is 8.24. The van der Waals surface area contributed by atoms with E-state index >= 15 is 0 Å². The molecule has 0 unspecified atom stereocenters. The molecular formula is C12H22NO4S+. The molecule has 0 bridgehead atoms. The lowest BCUT2D eigenvalue weighted by atomic mass is 10.3. The molecule has 2 N–H and O–H groups in total. The van der Waals surface area contributed by atoms with E-state index in [4.69, 9.17) is 17.5 Å². The zero-order chi connectivity index (χ0) is 14.7. The number of hydrogen-bond donors (Lipinski definition) is 2. The van der Waals surface area contributed by atoms with Gasteiger partial charge in [-0.2, -0.15) is 8.42 Å². The van der Waals surface area contributed by atoms with Gasteiger partial charge in [0.15, 0.2) is 0 Å². The van der Waals surface area contributed by atoms with E-state index < -0.39 is 10.4 Å². The molecule has 0 amide bonds. The lowest BCUT2D eigenvalue weighted by Gasteiger charge is -2.35. The van der Waals surface area contributed by atoms with Gasteiger partial charge in [0, 0.05) is 0 Å². The van der Waals surface area contributed by atoms with E-state index in [2.05, 4.69) is 26.3 Å². The average molecular weight is 276 g/mol. The number of nitrogens with zero attached hydrogens (tertiary/aromatic N) is 1. The Labute approximate surface area is 110 Å². The largest absolute Gasteiger partial charge is 0.394 e. The van der Waals surface area contributed by atoms with Gasteiger partial charge in [0.2, 0.25) is 0 Å². The molecule has 5 nitrogen and oxygen atoms in total. The highest BCUT2D eigenvalue weighted by atomic mass is 32.3. The Morgan fingerprint density at radius 1 is 0.778 bits per heavy atom. The normalized spacial score (nSPS) is 10.8. The second-order valence-corrected chi connectivity index (χ2v) is 4.57. The van der Waals surface area contributed by atoms with Gasteiger partial charge in [-0.3, -0.25) is 9.11 Å². The van der Waals surface area contributed by atoms with Crippen molar-refractivity contribution in [2.45, 2.75) is 0 Å². The van der Waals surface area contributed by atoms with Gasteiger partial charge in [-0.05, 0) is 24.3 Å². The first-order valence-electron chi connectivity index (χ1n) is 5.23. The van der Waals surface area contributed by atoms with Crippen LogP contribution in [0.1, 0.15) is 0 Å². The molecule has 0 saturated carbocycles. The first kappa shape index (κ1) is 19.1. The van der Waals surface area contributed by atoms with E-state index in [-0.39, 0.29) is 0 Å². The van der Waals surface area contributed by atoms with Gasteiger partial charge >= 0.3 is 10.4 Å². The highest BCUT2D eigenvalue weighted by molar-refractivity contribution is 7.79. The highest BCUT2D eigenvalue weighted by Gasteiger charge is 2.20. The van der Waals surface area contributed by atoms with Crippen LogP contribution in [0.5, 0.6) is 0 Å². The zero-order valence-electron chi connectivity index (χ0n) is 10.5. The molecule has 0 radical (unpaired) electrons. The Bertz CT molecular complexity index is 320. The monoisotopic (exact) mass is 276 g/mol. The molecule has 0 atom stereocenters. The van der Waals surface area contributed by atoms with Gasteiger partial charge in [-0.25, -0.2) is 0 Å². The molecule has 0 aromatic rings. The summed E-state index contributed by atoms with van der Waals surface area (Å²) in [6, 6.07) is 0. The van der Waals surface area contributed by atoms with E-state index in [1.165, 1.54) is 0 Å². The Morgan fingerprint density at radius 3 is 1.06 bits per heavy atom. The quantitative estimate of drug-likeness (QED) is 0.403. The predicted octanol–water partition coefficient (Wildman–Crippen LogP) is 1.89. The minimum Gasteiger partial charge on any atom is -0.311 e. The third-order valence-electron chi connectivity index (χ3n) is 2.07. The van der Waals surface area contributed by atoms with Crippen molar-refractivity contribution in [3.63, 3.8) is 0 Å². The molecule has 104 valence electrons. The van der Waals surface area contributed by atoms with Crippen molar-refractivity contribution >= 4 is 10.4 Å². The molecule has 0 spiro atoms. The van der Waals surface area contributed by atoms with Crippen molar-refractivity contribution in [2.24, 2.45) is 0 Å². The van der Waals surface area contributed by atoms with Crippen molar-refractivity contribution in [1.82, 2.24) is 0 Å². The zero-order valence-corrected chi connectivity index (χ0v) is 11.3. The summed E-state index contributed by atoms with van der Waals surface area (Å²) >= 11 is 0. The smallest absolute Gasteiger partial charge is 0.311 e. The molecule has 0 aromatic heterocycles. The van der Waals surface area contributed by atoms with Gasteiger partial charge in [-0.15, -0.1) is 0 Å². The highest BCUT2D eigenvalue weighted by Crippen LogP contribution is 2.07. The van der Waals surface area contributed by atoms with Gasteiger partial charge in [0.05, 0.1) is 26.2 Å². The van der Waals surface area contributed by atoms with Crippen molar-refractivity contribution < 1.29 is 22.0 Å². The van der Waals surface area contributed by atoms with Crippen LogP contribution in [0.2, 0.25) is 0 Å². The minimum absolute atomic E-state index is 0.903. The molecule has 18 heavy (non-hydrogen) atoms. The minimum atomic E-state index is -4.67. The Morgan fingerprint density at radius 2 is 0.944 bits per heavy atom. The molecule has 0 fully saturated rings. The van der Waals surface area contributed by atoms with Crippen LogP contribution in [0.15, 0.2) is 50.6 Å². The molecule has 0 aromatic carbocycles. The number of rotatable bonds is 8. The van der Waals surface area contributed by atoms with Crippen LogP contribution >= 0.6 is 0 Å².